The number of carbonyl (C=O) groups excluding carboxylic acids is 1. The highest BCUT2D eigenvalue weighted by molar-refractivity contribution is 5.80. The molecule has 0 fully saturated rings. The molecule has 0 saturated carbocycles. The summed E-state index contributed by atoms with van der Waals surface area (Å²) in [4.78, 5) is 11.1. The number of benzene rings is 2. The van der Waals surface area contributed by atoms with E-state index in [-0.39, 0.29) is 12.1 Å². The van der Waals surface area contributed by atoms with Crippen molar-refractivity contribution in [3.63, 3.8) is 0 Å². The van der Waals surface area contributed by atoms with Gasteiger partial charge in [0.15, 0.2) is 0 Å². The molecular formula is C18H18O2. The van der Waals surface area contributed by atoms with Gasteiger partial charge < -0.3 is 4.74 Å². The van der Waals surface area contributed by atoms with Gasteiger partial charge in [0.2, 0.25) is 0 Å². The molecule has 0 aliphatic rings. The van der Waals surface area contributed by atoms with Crippen molar-refractivity contribution in [1.82, 2.24) is 0 Å². The van der Waals surface area contributed by atoms with Gasteiger partial charge in [-0.25, -0.2) is 0 Å². The molecule has 102 valence electrons. The maximum absolute atomic E-state index is 11.1. The quantitative estimate of drug-likeness (QED) is 0.780. The van der Waals surface area contributed by atoms with E-state index in [1.165, 1.54) is 6.92 Å². The molecule has 20 heavy (non-hydrogen) atoms. The van der Waals surface area contributed by atoms with Crippen molar-refractivity contribution in [3.8, 4) is 0 Å². The Morgan fingerprint density at radius 3 is 1.80 bits per heavy atom. The highest BCUT2D eigenvalue weighted by atomic mass is 16.5. The molecular weight excluding hydrogens is 248 g/mol. The van der Waals surface area contributed by atoms with Gasteiger partial charge >= 0.3 is 5.97 Å². The molecule has 0 saturated heterocycles. The lowest BCUT2D eigenvalue weighted by Gasteiger charge is -2.13. The van der Waals surface area contributed by atoms with E-state index in [0.717, 1.165) is 16.7 Å². The van der Waals surface area contributed by atoms with E-state index in [2.05, 4.69) is 24.3 Å². The molecule has 0 N–H and O–H groups in total. The van der Waals surface area contributed by atoms with E-state index in [1.54, 1.807) is 0 Å². The third-order valence-electron chi connectivity index (χ3n) is 2.92. The number of carbonyl (C=O) groups is 1. The number of esters is 1. The van der Waals surface area contributed by atoms with Crippen molar-refractivity contribution in [2.24, 2.45) is 0 Å². The third kappa shape index (κ3) is 3.82. The second kappa shape index (κ2) is 6.71. The number of hydrogen-bond donors (Lipinski definition) is 0. The van der Waals surface area contributed by atoms with E-state index in [9.17, 15) is 4.79 Å². The van der Waals surface area contributed by atoms with Crippen LogP contribution in [0.1, 0.15) is 25.0 Å². The number of rotatable bonds is 4. The van der Waals surface area contributed by atoms with E-state index in [0.29, 0.717) is 0 Å². The van der Waals surface area contributed by atoms with Crippen LogP contribution in [0.5, 0.6) is 0 Å². The fourth-order valence-electron chi connectivity index (χ4n) is 2.13. The first-order valence-corrected chi connectivity index (χ1v) is 6.66. The van der Waals surface area contributed by atoms with Crippen LogP contribution in [0, 0.1) is 0 Å². The zero-order valence-electron chi connectivity index (χ0n) is 11.7. The SMILES string of the molecule is CC(=O)O[C@@H](C)C=C(c1ccccc1)c1ccccc1. The first kappa shape index (κ1) is 14.1. The lowest BCUT2D eigenvalue weighted by molar-refractivity contribution is -0.143. The van der Waals surface area contributed by atoms with Crippen molar-refractivity contribution in [3.05, 3.63) is 77.9 Å². The van der Waals surface area contributed by atoms with Crippen LogP contribution in [0.15, 0.2) is 66.7 Å². The predicted octanol–water partition coefficient (Wildman–Crippen LogP) is 4.07. The van der Waals surface area contributed by atoms with Crippen LogP contribution < -0.4 is 0 Å². The standard InChI is InChI=1S/C18H18O2/c1-14(20-15(2)19)13-18(16-9-5-3-6-10-16)17-11-7-4-8-12-17/h3-14H,1-2H3/t14-/m0/s1. The van der Waals surface area contributed by atoms with Gasteiger partial charge in [-0.05, 0) is 29.7 Å². The summed E-state index contributed by atoms with van der Waals surface area (Å²) in [5.74, 6) is -0.269. The number of ether oxygens (including phenoxy) is 1. The van der Waals surface area contributed by atoms with Crippen LogP contribution in [0.25, 0.3) is 5.57 Å². The molecule has 2 heteroatoms. The minimum absolute atomic E-state index is 0.261. The fraction of sp³-hybridized carbons (Fsp3) is 0.167. The maximum Gasteiger partial charge on any atom is 0.303 e. The Morgan fingerprint density at radius 2 is 1.40 bits per heavy atom. The number of hydrogen-bond acceptors (Lipinski definition) is 2. The minimum Gasteiger partial charge on any atom is -0.459 e. The molecule has 0 spiro atoms. The summed E-state index contributed by atoms with van der Waals surface area (Å²) >= 11 is 0. The Balaban J connectivity index is 2.40. The molecule has 0 unspecified atom stereocenters. The van der Waals surface area contributed by atoms with Crippen molar-refractivity contribution in [2.75, 3.05) is 0 Å². The Bertz CT molecular complexity index is 544. The molecule has 1 atom stereocenters. The van der Waals surface area contributed by atoms with Gasteiger partial charge in [0.1, 0.15) is 6.10 Å². The van der Waals surface area contributed by atoms with Crippen molar-refractivity contribution >= 4 is 11.5 Å². The molecule has 2 aromatic rings. The molecule has 0 heterocycles. The fourth-order valence-corrected chi connectivity index (χ4v) is 2.13. The van der Waals surface area contributed by atoms with Gasteiger partial charge in [-0.1, -0.05) is 60.7 Å². The molecule has 2 aromatic carbocycles. The Kier molecular flexibility index (Phi) is 4.72. The average molecular weight is 266 g/mol. The van der Waals surface area contributed by atoms with Crippen LogP contribution in [0.3, 0.4) is 0 Å². The highest BCUT2D eigenvalue weighted by Crippen LogP contribution is 2.24. The van der Waals surface area contributed by atoms with Crippen LogP contribution in [-0.2, 0) is 9.53 Å². The minimum atomic E-state index is -0.269. The normalized spacial score (nSPS) is 11.5. The second-order valence-electron chi connectivity index (χ2n) is 4.63. The summed E-state index contributed by atoms with van der Waals surface area (Å²) in [5, 5.41) is 0. The van der Waals surface area contributed by atoms with Crippen LogP contribution in [-0.4, -0.2) is 12.1 Å². The van der Waals surface area contributed by atoms with Crippen molar-refractivity contribution < 1.29 is 9.53 Å². The smallest absolute Gasteiger partial charge is 0.303 e. The van der Waals surface area contributed by atoms with E-state index in [4.69, 9.17) is 4.74 Å². The Morgan fingerprint density at radius 1 is 0.950 bits per heavy atom. The summed E-state index contributed by atoms with van der Waals surface area (Å²) in [6.45, 7) is 3.29. The van der Waals surface area contributed by atoms with Crippen LogP contribution in [0.4, 0.5) is 0 Å². The molecule has 0 radical (unpaired) electrons. The summed E-state index contributed by atoms with van der Waals surface area (Å²) in [6.07, 6.45) is 1.72. The first-order chi connectivity index (χ1) is 9.66. The Labute approximate surface area is 119 Å². The lowest BCUT2D eigenvalue weighted by Crippen LogP contribution is -2.10. The molecule has 0 aliphatic heterocycles. The molecule has 2 nitrogen and oxygen atoms in total. The largest absolute Gasteiger partial charge is 0.459 e. The van der Waals surface area contributed by atoms with Crippen molar-refractivity contribution in [2.45, 2.75) is 20.0 Å². The van der Waals surface area contributed by atoms with Crippen LogP contribution in [0.2, 0.25) is 0 Å². The van der Waals surface area contributed by atoms with Crippen LogP contribution >= 0.6 is 0 Å². The molecule has 0 bridgehead atoms. The summed E-state index contributed by atoms with van der Waals surface area (Å²) in [5.41, 5.74) is 3.29. The zero-order valence-corrected chi connectivity index (χ0v) is 11.7. The van der Waals surface area contributed by atoms with Gasteiger partial charge in [0, 0.05) is 6.92 Å². The topological polar surface area (TPSA) is 26.3 Å². The summed E-state index contributed by atoms with van der Waals surface area (Å²) < 4.78 is 5.21. The lowest BCUT2D eigenvalue weighted by atomic mass is 9.96. The first-order valence-electron chi connectivity index (χ1n) is 6.66. The maximum atomic E-state index is 11.1. The second-order valence-corrected chi connectivity index (χ2v) is 4.63. The van der Waals surface area contributed by atoms with Crippen molar-refractivity contribution in [1.29, 1.82) is 0 Å². The van der Waals surface area contributed by atoms with Gasteiger partial charge in [-0.3, -0.25) is 4.79 Å². The average Bonchev–Trinajstić information content (AvgIpc) is 2.46. The molecule has 0 aromatic heterocycles. The van der Waals surface area contributed by atoms with E-state index >= 15 is 0 Å². The highest BCUT2D eigenvalue weighted by Gasteiger charge is 2.08. The summed E-state index contributed by atoms with van der Waals surface area (Å²) in [7, 11) is 0. The summed E-state index contributed by atoms with van der Waals surface area (Å²) in [6, 6.07) is 20.2. The van der Waals surface area contributed by atoms with Gasteiger partial charge in [-0.2, -0.15) is 0 Å². The zero-order chi connectivity index (χ0) is 14.4. The predicted molar refractivity (Wildman–Crippen MR) is 81.2 cm³/mol. The van der Waals surface area contributed by atoms with Gasteiger partial charge in [0.25, 0.3) is 0 Å². The monoisotopic (exact) mass is 266 g/mol. The van der Waals surface area contributed by atoms with Gasteiger partial charge in [0.05, 0.1) is 0 Å². The van der Waals surface area contributed by atoms with Gasteiger partial charge in [-0.15, -0.1) is 0 Å². The molecule has 2 rings (SSSR count). The van der Waals surface area contributed by atoms with E-state index < -0.39 is 0 Å². The van der Waals surface area contributed by atoms with E-state index in [1.807, 2.05) is 49.4 Å². The Hall–Kier alpha value is -2.35. The molecule has 0 amide bonds. The third-order valence-corrected chi connectivity index (χ3v) is 2.92. The molecule has 0 aliphatic carbocycles.